The maximum Gasteiger partial charge on any atom is 0.257 e. The van der Waals surface area contributed by atoms with Crippen LogP contribution in [0, 0.1) is 6.92 Å². The average molecular weight is 239 g/mol. The molecule has 4 heteroatoms. The van der Waals surface area contributed by atoms with Crippen molar-refractivity contribution in [3.8, 4) is 11.5 Å². The Labute approximate surface area is 83.9 Å². The van der Waals surface area contributed by atoms with Crippen LogP contribution in [-0.2, 0) is 0 Å². The van der Waals surface area contributed by atoms with E-state index in [9.17, 15) is 0 Å². The SMILES string of the molecule is Cc1noc(-c2cccc(Br)c2)n1. The van der Waals surface area contributed by atoms with E-state index in [0.29, 0.717) is 11.7 Å². The standard InChI is InChI=1S/C9H7BrN2O/c1-6-11-9(13-12-6)7-3-2-4-8(10)5-7/h2-5H,1H3. The van der Waals surface area contributed by atoms with Crippen LogP contribution in [0.3, 0.4) is 0 Å². The lowest BCUT2D eigenvalue weighted by molar-refractivity contribution is 0.425. The molecule has 0 aliphatic heterocycles. The minimum absolute atomic E-state index is 0.554. The number of aryl methyl sites for hydroxylation is 1. The van der Waals surface area contributed by atoms with Gasteiger partial charge in [-0.3, -0.25) is 0 Å². The van der Waals surface area contributed by atoms with Gasteiger partial charge in [-0.05, 0) is 25.1 Å². The molecular weight excluding hydrogens is 232 g/mol. The monoisotopic (exact) mass is 238 g/mol. The minimum Gasteiger partial charge on any atom is -0.334 e. The van der Waals surface area contributed by atoms with Gasteiger partial charge < -0.3 is 4.52 Å². The van der Waals surface area contributed by atoms with Crippen molar-refractivity contribution in [3.63, 3.8) is 0 Å². The van der Waals surface area contributed by atoms with Crippen LogP contribution in [0.4, 0.5) is 0 Å². The fourth-order valence-corrected chi connectivity index (χ4v) is 1.44. The highest BCUT2D eigenvalue weighted by molar-refractivity contribution is 9.10. The molecule has 0 fully saturated rings. The van der Waals surface area contributed by atoms with Crippen LogP contribution in [0.1, 0.15) is 5.82 Å². The summed E-state index contributed by atoms with van der Waals surface area (Å²) >= 11 is 3.38. The lowest BCUT2D eigenvalue weighted by Gasteiger charge is -1.93. The smallest absolute Gasteiger partial charge is 0.257 e. The van der Waals surface area contributed by atoms with Gasteiger partial charge in [0.15, 0.2) is 5.82 Å². The highest BCUT2D eigenvalue weighted by Gasteiger charge is 2.05. The molecule has 3 nitrogen and oxygen atoms in total. The summed E-state index contributed by atoms with van der Waals surface area (Å²) in [5, 5.41) is 3.72. The van der Waals surface area contributed by atoms with E-state index in [-0.39, 0.29) is 0 Å². The van der Waals surface area contributed by atoms with E-state index >= 15 is 0 Å². The largest absolute Gasteiger partial charge is 0.334 e. The number of nitrogens with zero attached hydrogens (tertiary/aromatic N) is 2. The van der Waals surface area contributed by atoms with Gasteiger partial charge in [0.2, 0.25) is 0 Å². The van der Waals surface area contributed by atoms with Crippen LogP contribution in [0.2, 0.25) is 0 Å². The third kappa shape index (κ3) is 1.78. The van der Waals surface area contributed by atoms with Gasteiger partial charge in [-0.15, -0.1) is 0 Å². The van der Waals surface area contributed by atoms with Crippen molar-refractivity contribution >= 4 is 15.9 Å². The van der Waals surface area contributed by atoms with Crippen molar-refractivity contribution in [2.45, 2.75) is 6.92 Å². The third-order valence-corrected chi connectivity index (χ3v) is 2.09. The predicted molar refractivity (Wildman–Crippen MR) is 52.2 cm³/mol. The summed E-state index contributed by atoms with van der Waals surface area (Å²) in [5.74, 6) is 1.20. The van der Waals surface area contributed by atoms with E-state index in [2.05, 4.69) is 26.1 Å². The molecule has 1 aromatic carbocycles. The van der Waals surface area contributed by atoms with Crippen molar-refractivity contribution in [2.24, 2.45) is 0 Å². The number of rotatable bonds is 1. The Morgan fingerprint density at radius 1 is 1.38 bits per heavy atom. The first-order chi connectivity index (χ1) is 6.25. The van der Waals surface area contributed by atoms with Crippen LogP contribution < -0.4 is 0 Å². The highest BCUT2D eigenvalue weighted by atomic mass is 79.9. The Balaban J connectivity index is 2.46. The molecule has 0 atom stereocenters. The molecule has 0 bridgehead atoms. The molecule has 0 aliphatic carbocycles. The van der Waals surface area contributed by atoms with E-state index in [1.807, 2.05) is 24.3 Å². The summed E-state index contributed by atoms with van der Waals surface area (Å²) in [5.41, 5.74) is 0.926. The molecule has 1 heterocycles. The summed E-state index contributed by atoms with van der Waals surface area (Å²) < 4.78 is 6.02. The summed E-state index contributed by atoms with van der Waals surface area (Å²) in [7, 11) is 0. The van der Waals surface area contributed by atoms with Crippen molar-refractivity contribution < 1.29 is 4.52 Å². The van der Waals surface area contributed by atoms with Crippen LogP contribution >= 0.6 is 15.9 Å². The molecule has 0 aliphatic rings. The fourth-order valence-electron chi connectivity index (χ4n) is 1.04. The van der Waals surface area contributed by atoms with Gasteiger partial charge in [0, 0.05) is 10.0 Å². The molecule has 0 saturated heterocycles. The molecule has 0 saturated carbocycles. The Hall–Kier alpha value is -1.16. The zero-order valence-corrected chi connectivity index (χ0v) is 8.58. The Morgan fingerprint density at radius 3 is 2.85 bits per heavy atom. The molecule has 0 radical (unpaired) electrons. The summed E-state index contributed by atoms with van der Waals surface area (Å²) in [6, 6.07) is 7.75. The molecule has 0 spiro atoms. The molecule has 0 N–H and O–H groups in total. The minimum atomic E-state index is 0.554. The topological polar surface area (TPSA) is 38.9 Å². The maximum atomic E-state index is 5.02. The quantitative estimate of drug-likeness (QED) is 0.767. The zero-order chi connectivity index (χ0) is 9.26. The summed E-state index contributed by atoms with van der Waals surface area (Å²) in [6.45, 7) is 1.80. The Morgan fingerprint density at radius 2 is 2.23 bits per heavy atom. The van der Waals surface area contributed by atoms with Gasteiger partial charge in [-0.25, -0.2) is 0 Å². The Bertz CT molecular complexity index is 425. The zero-order valence-electron chi connectivity index (χ0n) is 6.99. The third-order valence-electron chi connectivity index (χ3n) is 1.60. The van der Waals surface area contributed by atoms with E-state index in [4.69, 9.17) is 4.52 Å². The van der Waals surface area contributed by atoms with Crippen LogP contribution in [0.15, 0.2) is 33.3 Å². The number of halogens is 1. The molecule has 0 unspecified atom stereocenters. The van der Waals surface area contributed by atoms with Gasteiger partial charge in [-0.2, -0.15) is 4.98 Å². The van der Waals surface area contributed by atoms with Gasteiger partial charge in [0.1, 0.15) is 0 Å². The first kappa shape index (κ1) is 8.44. The van der Waals surface area contributed by atoms with E-state index in [1.165, 1.54) is 0 Å². The molecule has 2 aromatic rings. The molecule has 0 amide bonds. The molecule has 13 heavy (non-hydrogen) atoms. The van der Waals surface area contributed by atoms with Crippen LogP contribution in [0.5, 0.6) is 0 Å². The molecule has 1 aromatic heterocycles. The van der Waals surface area contributed by atoms with Crippen molar-refractivity contribution in [2.75, 3.05) is 0 Å². The molecule has 2 rings (SSSR count). The van der Waals surface area contributed by atoms with E-state index in [0.717, 1.165) is 10.0 Å². The lowest BCUT2D eigenvalue weighted by atomic mass is 10.2. The van der Waals surface area contributed by atoms with Gasteiger partial charge in [0.05, 0.1) is 0 Å². The molecule has 66 valence electrons. The number of benzene rings is 1. The second-order valence-electron chi connectivity index (χ2n) is 2.66. The van der Waals surface area contributed by atoms with Crippen molar-refractivity contribution in [1.29, 1.82) is 0 Å². The van der Waals surface area contributed by atoms with E-state index < -0.39 is 0 Å². The summed E-state index contributed by atoms with van der Waals surface area (Å²) in [4.78, 5) is 4.12. The van der Waals surface area contributed by atoms with Gasteiger partial charge in [0.25, 0.3) is 5.89 Å². The lowest BCUT2D eigenvalue weighted by Crippen LogP contribution is -1.77. The fraction of sp³-hybridized carbons (Fsp3) is 0.111. The Kier molecular flexibility index (Phi) is 2.14. The van der Waals surface area contributed by atoms with Crippen molar-refractivity contribution in [3.05, 3.63) is 34.6 Å². The van der Waals surface area contributed by atoms with E-state index in [1.54, 1.807) is 6.92 Å². The van der Waals surface area contributed by atoms with Gasteiger partial charge >= 0.3 is 0 Å². The number of aromatic nitrogens is 2. The maximum absolute atomic E-state index is 5.02. The normalized spacial score (nSPS) is 10.3. The second-order valence-corrected chi connectivity index (χ2v) is 3.57. The second kappa shape index (κ2) is 3.30. The van der Waals surface area contributed by atoms with Gasteiger partial charge in [-0.1, -0.05) is 27.2 Å². The van der Waals surface area contributed by atoms with Crippen LogP contribution in [0.25, 0.3) is 11.5 Å². The first-order valence-corrected chi connectivity index (χ1v) is 4.61. The summed E-state index contributed by atoms with van der Waals surface area (Å²) in [6.07, 6.45) is 0. The highest BCUT2D eigenvalue weighted by Crippen LogP contribution is 2.20. The first-order valence-electron chi connectivity index (χ1n) is 3.82. The molecular formula is C9H7BrN2O. The average Bonchev–Trinajstić information content (AvgIpc) is 2.52. The number of hydrogen-bond acceptors (Lipinski definition) is 3. The van der Waals surface area contributed by atoms with Crippen molar-refractivity contribution in [1.82, 2.24) is 10.1 Å². The van der Waals surface area contributed by atoms with Crippen LogP contribution in [-0.4, -0.2) is 10.1 Å². The number of hydrogen-bond donors (Lipinski definition) is 0. The predicted octanol–water partition coefficient (Wildman–Crippen LogP) is 2.81.